The number of rotatable bonds is 7. The first kappa shape index (κ1) is 23.8. The minimum absolute atomic E-state index is 0.878. The van der Waals surface area contributed by atoms with E-state index in [2.05, 4.69) is 28.5 Å². The minimum atomic E-state index is -2.74. The second-order valence-electron chi connectivity index (χ2n) is 6.90. The van der Waals surface area contributed by atoms with Gasteiger partial charge in [0.05, 0.1) is 12.8 Å². The van der Waals surface area contributed by atoms with Crippen LogP contribution in [0.2, 0.25) is 5.02 Å². The van der Waals surface area contributed by atoms with Crippen molar-refractivity contribution in [3.05, 3.63) is 56.7 Å². The van der Waals surface area contributed by atoms with Crippen LogP contribution >= 0.6 is 22.9 Å². The first-order chi connectivity index (χ1) is 14.1. The third kappa shape index (κ3) is 6.81. The maximum Gasteiger partial charge on any atom is 0.336 e. The van der Waals surface area contributed by atoms with Crippen LogP contribution < -0.4 is 0 Å². The van der Waals surface area contributed by atoms with Crippen LogP contribution in [0.25, 0.3) is 0 Å². The highest BCUT2D eigenvalue weighted by atomic mass is 35.5. The van der Waals surface area contributed by atoms with Gasteiger partial charge in [0.1, 0.15) is 0 Å². The van der Waals surface area contributed by atoms with Gasteiger partial charge in [-0.3, -0.25) is 14.5 Å². The Morgan fingerprint density at radius 2 is 1.70 bits per heavy atom. The Morgan fingerprint density at radius 1 is 1.07 bits per heavy atom. The lowest BCUT2D eigenvalue weighted by Gasteiger charge is -2.27. The summed E-state index contributed by atoms with van der Waals surface area (Å²) < 4.78 is 0. The number of nitrogens with zero attached hydrogens (tertiary/aromatic N) is 1. The van der Waals surface area contributed by atoms with E-state index in [-0.39, 0.29) is 0 Å². The minimum Gasteiger partial charge on any atom is -0.481 e. The zero-order valence-corrected chi connectivity index (χ0v) is 17.5. The van der Waals surface area contributed by atoms with E-state index in [4.69, 9.17) is 32.0 Å². The van der Waals surface area contributed by atoms with Gasteiger partial charge in [0.2, 0.25) is 0 Å². The van der Waals surface area contributed by atoms with E-state index < -0.39 is 36.4 Å². The monoisotopic (exact) mass is 455 g/mol. The molecule has 2 heterocycles. The zero-order valence-electron chi connectivity index (χ0n) is 16.0. The van der Waals surface area contributed by atoms with Crippen LogP contribution in [0.15, 0.2) is 35.7 Å². The number of carbonyl (C=O) groups is 3. The molecule has 2 aromatic rings. The van der Waals surface area contributed by atoms with E-state index in [1.807, 2.05) is 23.5 Å². The number of thiophene rings is 1. The lowest BCUT2D eigenvalue weighted by atomic mass is 9.96. The van der Waals surface area contributed by atoms with Gasteiger partial charge in [-0.15, -0.1) is 11.3 Å². The van der Waals surface area contributed by atoms with Gasteiger partial charge in [-0.25, -0.2) is 4.79 Å². The Bertz CT molecular complexity index is 898. The van der Waals surface area contributed by atoms with Gasteiger partial charge in [0.15, 0.2) is 5.60 Å². The van der Waals surface area contributed by atoms with Gasteiger partial charge in [0.25, 0.3) is 0 Å². The molecule has 0 spiro atoms. The number of halogens is 1. The third-order valence-electron chi connectivity index (χ3n) is 4.52. The molecule has 1 aromatic carbocycles. The van der Waals surface area contributed by atoms with Crippen LogP contribution in [0.3, 0.4) is 0 Å². The third-order valence-corrected chi connectivity index (χ3v) is 5.92. The van der Waals surface area contributed by atoms with E-state index >= 15 is 0 Å². The van der Waals surface area contributed by atoms with Gasteiger partial charge >= 0.3 is 17.9 Å². The van der Waals surface area contributed by atoms with E-state index in [0.29, 0.717) is 0 Å². The average Bonchev–Trinajstić information content (AvgIpc) is 3.10. The van der Waals surface area contributed by atoms with Crippen molar-refractivity contribution in [3.63, 3.8) is 0 Å². The molecule has 4 N–H and O–H groups in total. The summed E-state index contributed by atoms with van der Waals surface area (Å²) in [5.41, 5.74) is -0.0151. The second kappa shape index (κ2) is 10.5. The number of hydrogen-bond donors (Lipinski definition) is 4. The predicted octanol–water partition coefficient (Wildman–Crippen LogP) is 2.71. The van der Waals surface area contributed by atoms with Gasteiger partial charge in [-0.2, -0.15) is 0 Å². The van der Waals surface area contributed by atoms with Crippen molar-refractivity contribution in [1.82, 2.24) is 4.90 Å². The molecule has 30 heavy (non-hydrogen) atoms. The molecule has 1 aliphatic heterocycles. The molecular weight excluding hydrogens is 434 g/mol. The van der Waals surface area contributed by atoms with Gasteiger partial charge in [0, 0.05) is 29.5 Å². The van der Waals surface area contributed by atoms with E-state index in [0.717, 1.165) is 24.7 Å². The zero-order chi connectivity index (χ0) is 22.3. The Kier molecular flexibility index (Phi) is 8.36. The van der Waals surface area contributed by atoms with Crippen LogP contribution in [-0.2, 0) is 33.9 Å². The fraction of sp³-hybridized carbons (Fsp3) is 0.350. The van der Waals surface area contributed by atoms with Crippen LogP contribution in [0, 0.1) is 0 Å². The molecule has 0 unspecified atom stereocenters. The number of aliphatic hydroxyl groups is 1. The number of aliphatic carboxylic acids is 3. The van der Waals surface area contributed by atoms with Crippen molar-refractivity contribution in [2.75, 3.05) is 6.54 Å². The van der Waals surface area contributed by atoms with Crippen LogP contribution in [0.5, 0.6) is 0 Å². The Labute approximate surface area is 182 Å². The van der Waals surface area contributed by atoms with Crippen molar-refractivity contribution in [2.24, 2.45) is 0 Å². The standard InChI is InChI=1S/C14H14ClNS.C6H8O7/c15-13-4-2-1-3-11(13)9-16-7-5-14-12(10-16)6-8-17-14;7-3(8)1-6(13,5(11)12)2-4(9)10/h1-4,6,8H,5,7,9-10H2;13H,1-2H2,(H,7,8)(H,9,10)(H,11,12). The first-order valence-corrected chi connectivity index (χ1v) is 10.3. The first-order valence-electron chi connectivity index (χ1n) is 9.01. The number of carboxylic acid groups (broad SMARTS) is 3. The molecule has 3 rings (SSSR count). The fourth-order valence-corrected chi connectivity index (χ4v) is 4.11. The Balaban J connectivity index is 0.000000224. The summed E-state index contributed by atoms with van der Waals surface area (Å²) in [6, 6.07) is 10.4. The van der Waals surface area contributed by atoms with E-state index in [1.165, 1.54) is 17.5 Å². The molecule has 8 nitrogen and oxygen atoms in total. The maximum atomic E-state index is 10.3. The number of fused-ring (bicyclic) bond motifs is 1. The number of benzene rings is 1. The summed E-state index contributed by atoms with van der Waals surface area (Å²) in [7, 11) is 0. The SMILES string of the molecule is Clc1ccccc1CN1CCc2sccc2C1.O=C(O)CC(O)(CC(=O)O)C(=O)O. The van der Waals surface area contributed by atoms with Gasteiger partial charge in [-0.1, -0.05) is 29.8 Å². The lowest BCUT2D eigenvalue weighted by Crippen LogP contribution is -2.42. The topological polar surface area (TPSA) is 135 Å². The fourth-order valence-electron chi connectivity index (χ4n) is 3.02. The molecule has 0 fully saturated rings. The van der Waals surface area contributed by atoms with Crippen molar-refractivity contribution in [3.8, 4) is 0 Å². The van der Waals surface area contributed by atoms with Gasteiger partial charge in [-0.05, 0) is 35.1 Å². The Morgan fingerprint density at radius 3 is 2.27 bits per heavy atom. The Hall–Kier alpha value is -2.46. The predicted molar refractivity (Wildman–Crippen MR) is 111 cm³/mol. The average molecular weight is 456 g/mol. The summed E-state index contributed by atoms with van der Waals surface area (Å²) in [5, 5.41) is 36.9. The van der Waals surface area contributed by atoms with E-state index in [9.17, 15) is 14.4 Å². The molecule has 1 aliphatic rings. The van der Waals surface area contributed by atoms with Crippen LogP contribution in [-0.4, -0.2) is 55.4 Å². The summed E-state index contributed by atoms with van der Waals surface area (Å²) >= 11 is 8.08. The molecule has 1 aromatic heterocycles. The van der Waals surface area contributed by atoms with E-state index in [1.54, 1.807) is 4.88 Å². The van der Waals surface area contributed by atoms with Crippen LogP contribution in [0.1, 0.15) is 28.8 Å². The summed E-state index contributed by atoms with van der Waals surface area (Å²) in [6.07, 6.45) is -1.11. The highest BCUT2D eigenvalue weighted by Gasteiger charge is 2.40. The molecule has 162 valence electrons. The normalized spacial score (nSPS) is 13.7. The van der Waals surface area contributed by atoms with Crippen molar-refractivity contribution in [2.45, 2.75) is 38.0 Å². The molecule has 0 radical (unpaired) electrons. The molecule has 0 saturated carbocycles. The highest BCUT2D eigenvalue weighted by Crippen LogP contribution is 2.26. The van der Waals surface area contributed by atoms with Gasteiger partial charge < -0.3 is 20.4 Å². The summed E-state index contributed by atoms with van der Waals surface area (Å²) in [6.45, 7) is 3.15. The molecule has 0 aliphatic carbocycles. The summed E-state index contributed by atoms with van der Waals surface area (Å²) in [5.74, 6) is -5.02. The molecule has 0 amide bonds. The van der Waals surface area contributed by atoms with Crippen LogP contribution in [0.4, 0.5) is 0 Å². The number of carboxylic acids is 3. The molecular formula is C20H22ClNO7S. The molecule has 0 bridgehead atoms. The molecule has 0 atom stereocenters. The van der Waals surface area contributed by atoms with Crippen molar-refractivity contribution < 1.29 is 34.8 Å². The molecule has 10 heteroatoms. The van der Waals surface area contributed by atoms with Crippen molar-refractivity contribution >= 4 is 40.8 Å². The second-order valence-corrected chi connectivity index (χ2v) is 8.31. The summed E-state index contributed by atoms with van der Waals surface area (Å²) in [4.78, 5) is 34.5. The highest BCUT2D eigenvalue weighted by molar-refractivity contribution is 7.10. The van der Waals surface area contributed by atoms with Crippen molar-refractivity contribution in [1.29, 1.82) is 0 Å². The largest absolute Gasteiger partial charge is 0.481 e. The molecule has 0 saturated heterocycles. The maximum absolute atomic E-state index is 10.3. The smallest absolute Gasteiger partial charge is 0.336 e. The quantitative estimate of drug-likeness (QED) is 0.500. The number of hydrogen-bond acceptors (Lipinski definition) is 6. The lowest BCUT2D eigenvalue weighted by molar-refractivity contribution is -0.170.